The number of ether oxygens (including phenoxy) is 1. The van der Waals surface area contributed by atoms with Crippen molar-refractivity contribution >= 4 is 32.3 Å². The fraction of sp³-hybridized carbons (Fsp3) is 0.100. The Kier molecular flexibility index (Phi) is 2.73. The molecule has 0 saturated carbocycles. The number of methoxy groups -OCH3 is 1. The predicted molar refractivity (Wildman–Crippen MR) is 91.9 cm³/mol. The maximum absolute atomic E-state index is 10.5. The summed E-state index contributed by atoms with van der Waals surface area (Å²) in [6.45, 7) is 2.12. The first-order valence-corrected chi connectivity index (χ1v) is 7.31. The van der Waals surface area contributed by atoms with Crippen LogP contribution in [0.1, 0.15) is 5.56 Å². The van der Waals surface area contributed by atoms with Crippen LogP contribution in [0, 0.1) is 6.92 Å². The van der Waals surface area contributed by atoms with Crippen molar-refractivity contribution < 1.29 is 9.84 Å². The van der Waals surface area contributed by atoms with Gasteiger partial charge >= 0.3 is 0 Å². The first kappa shape index (κ1) is 13.0. The van der Waals surface area contributed by atoms with E-state index in [9.17, 15) is 5.11 Å². The number of fused-ring (bicyclic) bond motifs is 4. The van der Waals surface area contributed by atoms with E-state index in [4.69, 9.17) is 4.74 Å². The maximum Gasteiger partial charge on any atom is 0.168 e. The van der Waals surface area contributed by atoms with E-state index in [1.54, 1.807) is 7.11 Å². The van der Waals surface area contributed by atoms with E-state index in [-0.39, 0.29) is 5.75 Å². The summed E-state index contributed by atoms with van der Waals surface area (Å²) in [7, 11) is 1.60. The van der Waals surface area contributed by atoms with Gasteiger partial charge in [0, 0.05) is 10.8 Å². The van der Waals surface area contributed by atoms with Crippen LogP contribution >= 0.6 is 0 Å². The molecule has 22 heavy (non-hydrogen) atoms. The van der Waals surface area contributed by atoms with Gasteiger partial charge in [-0.15, -0.1) is 0 Å². The predicted octanol–water partition coefficient (Wildman–Crippen LogP) is 5.17. The third kappa shape index (κ3) is 1.67. The minimum Gasteiger partial charge on any atom is -0.504 e. The van der Waals surface area contributed by atoms with Crippen LogP contribution < -0.4 is 4.74 Å². The average Bonchev–Trinajstić information content (AvgIpc) is 2.55. The van der Waals surface area contributed by atoms with E-state index in [1.165, 1.54) is 10.9 Å². The van der Waals surface area contributed by atoms with Gasteiger partial charge in [0.25, 0.3) is 0 Å². The number of phenols is 1. The van der Waals surface area contributed by atoms with Crippen molar-refractivity contribution in [3.8, 4) is 11.5 Å². The molecule has 2 nitrogen and oxygen atoms in total. The lowest BCUT2D eigenvalue weighted by molar-refractivity contribution is 0.381. The molecule has 0 aliphatic rings. The van der Waals surface area contributed by atoms with Gasteiger partial charge in [-0.25, -0.2) is 0 Å². The van der Waals surface area contributed by atoms with Gasteiger partial charge in [-0.2, -0.15) is 0 Å². The second kappa shape index (κ2) is 4.63. The highest BCUT2D eigenvalue weighted by atomic mass is 16.5. The van der Waals surface area contributed by atoms with Crippen molar-refractivity contribution in [1.82, 2.24) is 0 Å². The molecule has 0 radical (unpaired) electrons. The highest BCUT2D eigenvalue weighted by molar-refractivity contribution is 6.17. The molecule has 0 spiro atoms. The van der Waals surface area contributed by atoms with Gasteiger partial charge in [0.1, 0.15) is 0 Å². The molecule has 0 atom stereocenters. The van der Waals surface area contributed by atoms with Crippen molar-refractivity contribution in [2.24, 2.45) is 0 Å². The number of hydrogen-bond acceptors (Lipinski definition) is 2. The van der Waals surface area contributed by atoms with Crippen LogP contribution in [-0.4, -0.2) is 12.2 Å². The molecule has 4 rings (SSSR count). The zero-order chi connectivity index (χ0) is 15.3. The van der Waals surface area contributed by atoms with Crippen LogP contribution in [0.5, 0.6) is 11.5 Å². The van der Waals surface area contributed by atoms with Crippen molar-refractivity contribution in [2.75, 3.05) is 7.11 Å². The summed E-state index contributed by atoms with van der Waals surface area (Å²) >= 11 is 0. The van der Waals surface area contributed by atoms with Crippen LogP contribution in [-0.2, 0) is 0 Å². The fourth-order valence-electron chi connectivity index (χ4n) is 3.27. The van der Waals surface area contributed by atoms with Crippen molar-refractivity contribution in [2.45, 2.75) is 6.92 Å². The number of aryl methyl sites for hydroxylation is 1. The third-order valence-electron chi connectivity index (χ3n) is 4.37. The zero-order valence-electron chi connectivity index (χ0n) is 12.6. The SMILES string of the molecule is COc1c(O)c2ccccc2c2cc3c(C)cccc3cc12. The zero-order valence-corrected chi connectivity index (χ0v) is 12.6. The summed E-state index contributed by atoms with van der Waals surface area (Å²) in [6, 6.07) is 18.5. The number of phenolic OH excluding ortho intramolecular Hbond substituents is 1. The molecule has 0 aliphatic carbocycles. The van der Waals surface area contributed by atoms with Crippen LogP contribution in [0.25, 0.3) is 32.3 Å². The maximum atomic E-state index is 10.5. The highest BCUT2D eigenvalue weighted by Crippen LogP contribution is 2.44. The minimum absolute atomic E-state index is 0.206. The van der Waals surface area contributed by atoms with E-state index in [0.29, 0.717) is 5.75 Å². The smallest absolute Gasteiger partial charge is 0.168 e. The molecule has 0 aromatic heterocycles. The van der Waals surface area contributed by atoms with Crippen LogP contribution in [0.2, 0.25) is 0 Å². The summed E-state index contributed by atoms with van der Waals surface area (Å²) in [5.41, 5.74) is 1.25. The summed E-state index contributed by atoms with van der Waals surface area (Å²) in [5, 5.41) is 16.8. The summed E-state index contributed by atoms with van der Waals surface area (Å²) in [6.07, 6.45) is 0. The lowest BCUT2D eigenvalue weighted by Crippen LogP contribution is -1.89. The van der Waals surface area contributed by atoms with E-state index in [1.807, 2.05) is 24.3 Å². The molecule has 0 unspecified atom stereocenters. The highest BCUT2D eigenvalue weighted by Gasteiger charge is 2.15. The summed E-state index contributed by atoms with van der Waals surface area (Å²) in [4.78, 5) is 0. The van der Waals surface area contributed by atoms with Crippen LogP contribution in [0.15, 0.2) is 54.6 Å². The quantitative estimate of drug-likeness (QED) is 0.387. The Morgan fingerprint density at radius 2 is 1.55 bits per heavy atom. The van der Waals surface area contributed by atoms with Gasteiger partial charge in [-0.05, 0) is 46.2 Å². The molecule has 108 valence electrons. The molecule has 2 heteroatoms. The van der Waals surface area contributed by atoms with Crippen molar-refractivity contribution in [3.05, 3.63) is 60.2 Å². The Bertz CT molecular complexity index is 1030. The Balaban J connectivity index is 2.32. The Hall–Kier alpha value is -2.74. The molecular formula is C20H16O2. The molecule has 0 fully saturated rings. The number of aromatic hydroxyl groups is 1. The molecule has 4 aromatic carbocycles. The molecule has 0 bridgehead atoms. The van der Waals surface area contributed by atoms with Gasteiger partial charge in [-0.3, -0.25) is 0 Å². The number of hydrogen-bond donors (Lipinski definition) is 1. The van der Waals surface area contributed by atoms with Crippen molar-refractivity contribution in [3.63, 3.8) is 0 Å². The van der Waals surface area contributed by atoms with Gasteiger partial charge in [-0.1, -0.05) is 42.5 Å². The number of benzene rings is 4. The van der Waals surface area contributed by atoms with E-state index >= 15 is 0 Å². The molecule has 0 saturated heterocycles. The van der Waals surface area contributed by atoms with Crippen LogP contribution in [0.4, 0.5) is 0 Å². The lowest BCUT2D eigenvalue weighted by atomic mass is 9.95. The molecular weight excluding hydrogens is 272 g/mol. The Morgan fingerprint density at radius 3 is 2.32 bits per heavy atom. The lowest BCUT2D eigenvalue weighted by Gasteiger charge is -2.14. The molecule has 0 heterocycles. The second-order valence-electron chi connectivity index (χ2n) is 5.62. The molecule has 0 amide bonds. The Labute approximate surface area is 128 Å². The first-order valence-electron chi connectivity index (χ1n) is 7.31. The Morgan fingerprint density at radius 1 is 0.773 bits per heavy atom. The van der Waals surface area contributed by atoms with E-state index in [2.05, 4.69) is 37.3 Å². The first-order chi connectivity index (χ1) is 10.7. The average molecular weight is 288 g/mol. The van der Waals surface area contributed by atoms with E-state index < -0.39 is 0 Å². The largest absolute Gasteiger partial charge is 0.504 e. The fourth-order valence-corrected chi connectivity index (χ4v) is 3.27. The summed E-state index contributed by atoms with van der Waals surface area (Å²) < 4.78 is 5.50. The summed E-state index contributed by atoms with van der Waals surface area (Å²) in [5.74, 6) is 0.745. The van der Waals surface area contributed by atoms with Crippen LogP contribution in [0.3, 0.4) is 0 Å². The van der Waals surface area contributed by atoms with Gasteiger partial charge in [0.2, 0.25) is 0 Å². The molecule has 0 aliphatic heterocycles. The van der Waals surface area contributed by atoms with Gasteiger partial charge in [0.05, 0.1) is 7.11 Å². The molecule has 4 aromatic rings. The van der Waals surface area contributed by atoms with Crippen molar-refractivity contribution in [1.29, 1.82) is 0 Å². The molecule has 1 N–H and O–H groups in total. The van der Waals surface area contributed by atoms with Gasteiger partial charge < -0.3 is 9.84 Å². The topological polar surface area (TPSA) is 29.5 Å². The van der Waals surface area contributed by atoms with Gasteiger partial charge in [0.15, 0.2) is 11.5 Å². The third-order valence-corrected chi connectivity index (χ3v) is 4.37. The normalized spacial score (nSPS) is 11.4. The number of rotatable bonds is 1. The minimum atomic E-state index is 0.206. The standard InChI is InChI=1S/C20H16O2/c1-12-6-5-7-13-10-18-17(11-16(12)13)14-8-3-4-9-15(14)19(21)20(18)22-2/h3-11,21H,1-2H3. The van der Waals surface area contributed by atoms with E-state index in [0.717, 1.165) is 26.9 Å². The second-order valence-corrected chi connectivity index (χ2v) is 5.62. The monoisotopic (exact) mass is 288 g/mol.